The van der Waals surface area contributed by atoms with Crippen LogP contribution in [0.4, 0.5) is 0 Å². The molecule has 2 fully saturated rings. The summed E-state index contributed by atoms with van der Waals surface area (Å²) in [4.78, 5) is 18.5. The van der Waals surface area contributed by atoms with Crippen molar-refractivity contribution in [1.82, 2.24) is 19.8 Å². The van der Waals surface area contributed by atoms with E-state index >= 15 is 0 Å². The van der Waals surface area contributed by atoms with Gasteiger partial charge in [0.15, 0.2) is 0 Å². The number of aromatic nitrogens is 2. The molecule has 1 aromatic heterocycles. The van der Waals surface area contributed by atoms with Gasteiger partial charge in [-0.1, -0.05) is 0 Å². The van der Waals surface area contributed by atoms with Crippen LogP contribution in [0.3, 0.4) is 0 Å². The number of carbonyl (C=O) groups excluding carboxylic acids is 1. The number of amides is 1. The number of imidazole rings is 1. The van der Waals surface area contributed by atoms with Crippen molar-refractivity contribution >= 4 is 5.91 Å². The highest BCUT2D eigenvalue weighted by Crippen LogP contribution is 2.28. The van der Waals surface area contributed by atoms with Crippen molar-refractivity contribution < 1.29 is 4.79 Å². The molecule has 1 amide bonds. The van der Waals surface area contributed by atoms with Gasteiger partial charge in [0.25, 0.3) is 0 Å². The maximum Gasteiger partial charge on any atom is 0.220 e. The quantitative estimate of drug-likeness (QED) is 0.919. The molecular formula is C16H26N4O. The summed E-state index contributed by atoms with van der Waals surface area (Å²) in [6.07, 6.45) is 7.96. The molecule has 21 heavy (non-hydrogen) atoms. The molecule has 1 atom stereocenters. The van der Waals surface area contributed by atoms with Gasteiger partial charge < -0.3 is 14.8 Å². The van der Waals surface area contributed by atoms with E-state index in [1.54, 1.807) is 0 Å². The summed E-state index contributed by atoms with van der Waals surface area (Å²) in [6.45, 7) is 7.73. The van der Waals surface area contributed by atoms with E-state index < -0.39 is 0 Å². The van der Waals surface area contributed by atoms with Gasteiger partial charge >= 0.3 is 0 Å². The second kappa shape index (κ2) is 6.18. The summed E-state index contributed by atoms with van der Waals surface area (Å²) >= 11 is 0. The van der Waals surface area contributed by atoms with Gasteiger partial charge in [0, 0.05) is 43.4 Å². The molecule has 0 aromatic carbocycles. The molecule has 0 spiro atoms. The van der Waals surface area contributed by atoms with E-state index in [0.717, 1.165) is 26.1 Å². The SMILES string of the molecule is CC(C)N1CCC(c2nccn2CC2CCC(=O)N2)CC1. The lowest BCUT2D eigenvalue weighted by Gasteiger charge is -2.34. The Morgan fingerprint density at radius 1 is 1.33 bits per heavy atom. The lowest BCUT2D eigenvalue weighted by Crippen LogP contribution is -2.38. The summed E-state index contributed by atoms with van der Waals surface area (Å²) in [5.74, 6) is 1.96. The minimum absolute atomic E-state index is 0.187. The molecule has 1 N–H and O–H groups in total. The lowest BCUT2D eigenvalue weighted by molar-refractivity contribution is -0.119. The molecule has 1 unspecified atom stereocenters. The van der Waals surface area contributed by atoms with Gasteiger partial charge in [0.05, 0.1) is 0 Å². The van der Waals surface area contributed by atoms with E-state index in [2.05, 4.69) is 39.8 Å². The van der Waals surface area contributed by atoms with Gasteiger partial charge in [-0.25, -0.2) is 4.98 Å². The van der Waals surface area contributed by atoms with E-state index in [0.29, 0.717) is 18.4 Å². The van der Waals surface area contributed by atoms with Gasteiger partial charge in [-0.15, -0.1) is 0 Å². The molecule has 0 bridgehead atoms. The Morgan fingerprint density at radius 3 is 2.71 bits per heavy atom. The van der Waals surface area contributed by atoms with E-state index in [4.69, 9.17) is 0 Å². The lowest BCUT2D eigenvalue weighted by atomic mass is 9.95. The highest BCUT2D eigenvalue weighted by molar-refractivity contribution is 5.78. The molecule has 0 radical (unpaired) electrons. The van der Waals surface area contributed by atoms with Gasteiger partial charge in [0.1, 0.15) is 5.82 Å². The zero-order valence-electron chi connectivity index (χ0n) is 13.1. The van der Waals surface area contributed by atoms with Crippen LogP contribution >= 0.6 is 0 Å². The van der Waals surface area contributed by atoms with E-state index in [9.17, 15) is 4.79 Å². The van der Waals surface area contributed by atoms with Crippen molar-refractivity contribution in [1.29, 1.82) is 0 Å². The number of piperidine rings is 1. The first kappa shape index (κ1) is 14.6. The van der Waals surface area contributed by atoms with Crippen LogP contribution in [-0.4, -0.2) is 45.5 Å². The number of hydrogen-bond acceptors (Lipinski definition) is 3. The van der Waals surface area contributed by atoms with E-state index in [1.165, 1.54) is 18.7 Å². The highest BCUT2D eigenvalue weighted by atomic mass is 16.1. The highest BCUT2D eigenvalue weighted by Gasteiger charge is 2.27. The standard InChI is InChI=1S/C16H26N4O/c1-12(2)19-8-5-13(6-9-19)16-17-7-10-20(16)11-14-3-4-15(21)18-14/h7,10,12-14H,3-6,8-9,11H2,1-2H3,(H,18,21). The minimum atomic E-state index is 0.187. The Morgan fingerprint density at radius 2 is 2.10 bits per heavy atom. The van der Waals surface area contributed by atoms with Crippen LogP contribution in [0.25, 0.3) is 0 Å². The molecule has 2 aliphatic rings. The predicted octanol–water partition coefficient (Wildman–Crippen LogP) is 1.75. The second-order valence-electron chi connectivity index (χ2n) is 6.64. The van der Waals surface area contributed by atoms with Crippen molar-refractivity contribution in [3.05, 3.63) is 18.2 Å². The summed E-state index contributed by atoms with van der Waals surface area (Å²) in [5.41, 5.74) is 0. The van der Waals surface area contributed by atoms with Crippen LogP contribution in [0.2, 0.25) is 0 Å². The Bertz CT molecular complexity index is 488. The summed E-state index contributed by atoms with van der Waals surface area (Å²) in [7, 11) is 0. The van der Waals surface area contributed by atoms with Crippen molar-refractivity contribution in [2.24, 2.45) is 0 Å². The normalized spacial score (nSPS) is 24.7. The van der Waals surface area contributed by atoms with Crippen LogP contribution in [0, 0.1) is 0 Å². The molecule has 116 valence electrons. The number of carbonyl (C=O) groups is 1. The molecule has 2 saturated heterocycles. The number of hydrogen-bond donors (Lipinski definition) is 1. The van der Waals surface area contributed by atoms with Gasteiger partial charge in [-0.05, 0) is 46.2 Å². The number of nitrogens with zero attached hydrogens (tertiary/aromatic N) is 3. The fourth-order valence-corrected chi connectivity index (χ4v) is 3.56. The summed E-state index contributed by atoms with van der Waals surface area (Å²) in [5, 5.41) is 3.05. The fraction of sp³-hybridized carbons (Fsp3) is 0.750. The average Bonchev–Trinajstić information content (AvgIpc) is 3.09. The molecule has 5 nitrogen and oxygen atoms in total. The first-order valence-electron chi connectivity index (χ1n) is 8.18. The van der Waals surface area contributed by atoms with Gasteiger partial charge in [-0.2, -0.15) is 0 Å². The van der Waals surface area contributed by atoms with Crippen LogP contribution in [0.1, 0.15) is 51.3 Å². The van der Waals surface area contributed by atoms with Gasteiger partial charge in [-0.3, -0.25) is 4.79 Å². The van der Waals surface area contributed by atoms with Crippen LogP contribution in [0.5, 0.6) is 0 Å². The smallest absolute Gasteiger partial charge is 0.220 e. The topological polar surface area (TPSA) is 50.2 Å². The first-order valence-corrected chi connectivity index (χ1v) is 8.18. The van der Waals surface area contributed by atoms with Crippen LogP contribution < -0.4 is 5.32 Å². The fourth-order valence-electron chi connectivity index (χ4n) is 3.56. The third-order valence-electron chi connectivity index (χ3n) is 4.87. The molecule has 0 saturated carbocycles. The number of rotatable bonds is 4. The molecule has 1 aromatic rings. The number of nitrogens with one attached hydrogen (secondary N) is 1. The molecule has 5 heteroatoms. The number of likely N-dealkylation sites (tertiary alicyclic amines) is 1. The Labute approximate surface area is 126 Å². The maximum atomic E-state index is 11.3. The zero-order valence-corrected chi connectivity index (χ0v) is 13.1. The average molecular weight is 290 g/mol. The molecule has 3 rings (SSSR count). The molecule has 0 aliphatic carbocycles. The third kappa shape index (κ3) is 3.28. The van der Waals surface area contributed by atoms with Crippen molar-refractivity contribution in [2.75, 3.05) is 13.1 Å². The Kier molecular flexibility index (Phi) is 4.29. The molecule has 3 heterocycles. The van der Waals surface area contributed by atoms with Crippen molar-refractivity contribution in [2.45, 2.75) is 64.1 Å². The second-order valence-corrected chi connectivity index (χ2v) is 6.64. The summed E-state index contributed by atoms with van der Waals surface area (Å²) < 4.78 is 2.26. The molecular weight excluding hydrogens is 264 g/mol. The summed E-state index contributed by atoms with van der Waals surface area (Å²) in [6, 6.07) is 0.917. The Hall–Kier alpha value is -1.36. The van der Waals surface area contributed by atoms with Crippen molar-refractivity contribution in [3.8, 4) is 0 Å². The Balaban J connectivity index is 1.62. The maximum absolute atomic E-state index is 11.3. The van der Waals surface area contributed by atoms with E-state index in [1.807, 2.05) is 6.20 Å². The van der Waals surface area contributed by atoms with Crippen LogP contribution in [-0.2, 0) is 11.3 Å². The van der Waals surface area contributed by atoms with E-state index in [-0.39, 0.29) is 11.9 Å². The molecule has 2 aliphatic heterocycles. The minimum Gasteiger partial charge on any atom is -0.352 e. The zero-order chi connectivity index (χ0) is 14.8. The third-order valence-corrected chi connectivity index (χ3v) is 4.87. The van der Waals surface area contributed by atoms with Crippen molar-refractivity contribution in [3.63, 3.8) is 0 Å². The van der Waals surface area contributed by atoms with Gasteiger partial charge in [0.2, 0.25) is 5.91 Å². The largest absolute Gasteiger partial charge is 0.352 e. The van der Waals surface area contributed by atoms with Crippen LogP contribution in [0.15, 0.2) is 12.4 Å². The monoisotopic (exact) mass is 290 g/mol. The first-order chi connectivity index (χ1) is 10.1. The predicted molar refractivity (Wildman–Crippen MR) is 82.1 cm³/mol.